The van der Waals surface area contributed by atoms with Crippen molar-refractivity contribution in [2.75, 3.05) is 13.7 Å². The third kappa shape index (κ3) is 4.39. The zero-order valence-corrected chi connectivity index (χ0v) is 13.3. The van der Waals surface area contributed by atoms with Crippen molar-refractivity contribution in [3.63, 3.8) is 0 Å². The second kappa shape index (κ2) is 8.29. The Balaban J connectivity index is 2.05. The van der Waals surface area contributed by atoms with E-state index in [-0.39, 0.29) is 0 Å². The van der Waals surface area contributed by atoms with Gasteiger partial charge in [0.2, 0.25) is 0 Å². The summed E-state index contributed by atoms with van der Waals surface area (Å²) in [5, 5.41) is 11.9. The largest absolute Gasteiger partial charge is 0.497 e. The SMILES string of the molecule is C=CCN(Cc1ccc(OC)cc1)Cc1nnnn1CCC. The molecule has 0 aliphatic rings. The van der Waals surface area contributed by atoms with Gasteiger partial charge in [0.1, 0.15) is 5.75 Å². The van der Waals surface area contributed by atoms with Gasteiger partial charge in [0.15, 0.2) is 5.82 Å². The molecule has 6 heteroatoms. The highest BCUT2D eigenvalue weighted by atomic mass is 16.5. The summed E-state index contributed by atoms with van der Waals surface area (Å²) in [5.74, 6) is 1.75. The summed E-state index contributed by atoms with van der Waals surface area (Å²) in [6.07, 6.45) is 2.91. The lowest BCUT2D eigenvalue weighted by molar-refractivity contribution is 0.271. The van der Waals surface area contributed by atoms with Crippen LogP contribution >= 0.6 is 0 Å². The molecular formula is C16H23N5O. The number of rotatable bonds is 9. The molecule has 0 amide bonds. The van der Waals surface area contributed by atoms with Crippen LogP contribution in [0.25, 0.3) is 0 Å². The van der Waals surface area contributed by atoms with Gasteiger partial charge in [-0.25, -0.2) is 4.68 Å². The highest BCUT2D eigenvalue weighted by molar-refractivity contribution is 5.27. The van der Waals surface area contributed by atoms with Crippen LogP contribution in [0.15, 0.2) is 36.9 Å². The molecule has 0 saturated carbocycles. The topological polar surface area (TPSA) is 56.1 Å². The van der Waals surface area contributed by atoms with Crippen LogP contribution in [0.5, 0.6) is 5.75 Å². The quantitative estimate of drug-likeness (QED) is 0.665. The van der Waals surface area contributed by atoms with E-state index in [0.717, 1.165) is 37.6 Å². The molecule has 1 heterocycles. The van der Waals surface area contributed by atoms with Gasteiger partial charge in [-0.15, -0.1) is 11.7 Å². The summed E-state index contributed by atoms with van der Waals surface area (Å²) < 4.78 is 7.06. The van der Waals surface area contributed by atoms with E-state index in [4.69, 9.17) is 4.74 Å². The monoisotopic (exact) mass is 301 g/mol. The third-order valence-corrected chi connectivity index (χ3v) is 3.36. The summed E-state index contributed by atoms with van der Waals surface area (Å²) in [4.78, 5) is 2.26. The predicted octanol–water partition coefficient (Wildman–Crippen LogP) is 2.28. The minimum Gasteiger partial charge on any atom is -0.497 e. The molecule has 0 aliphatic carbocycles. The second-order valence-electron chi connectivity index (χ2n) is 5.12. The molecule has 0 atom stereocenters. The predicted molar refractivity (Wildman–Crippen MR) is 85.4 cm³/mol. The van der Waals surface area contributed by atoms with Crippen LogP contribution in [-0.2, 0) is 19.6 Å². The van der Waals surface area contributed by atoms with Gasteiger partial charge in [-0.05, 0) is 34.5 Å². The molecule has 0 radical (unpaired) electrons. The van der Waals surface area contributed by atoms with E-state index in [0.29, 0.717) is 6.54 Å². The van der Waals surface area contributed by atoms with E-state index in [1.165, 1.54) is 5.56 Å². The summed E-state index contributed by atoms with van der Waals surface area (Å²) in [5.41, 5.74) is 1.22. The van der Waals surface area contributed by atoms with Crippen LogP contribution in [-0.4, -0.2) is 38.8 Å². The van der Waals surface area contributed by atoms with Crippen molar-refractivity contribution in [2.45, 2.75) is 33.0 Å². The summed E-state index contributed by atoms with van der Waals surface area (Å²) in [6, 6.07) is 8.10. The molecular weight excluding hydrogens is 278 g/mol. The van der Waals surface area contributed by atoms with E-state index < -0.39 is 0 Å². The van der Waals surface area contributed by atoms with Gasteiger partial charge in [-0.1, -0.05) is 25.1 Å². The number of hydrogen-bond donors (Lipinski definition) is 0. The minimum absolute atomic E-state index is 0.699. The van der Waals surface area contributed by atoms with Crippen molar-refractivity contribution in [3.8, 4) is 5.75 Å². The van der Waals surface area contributed by atoms with Crippen LogP contribution < -0.4 is 4.74 Å². The molecule has 2 aromatic rings. The van der Waals surface area contributed by atoms with E-state index in [1.807, 2.05) is 22.9 Å². The zero-order chi connectivity index (χ0) is 15.8. The minimum atomic E-state index is 0.699. The Kier molecular flexibility index (Phi) is 6.09. The molecule has 2 rings (SSSR count). The number of aryl methyl sites for hydroxylation is 1. The van der Waals surface area contributed by atoms with Gasteiger partial charge in [-0.3, -0.25) is 4.90 Å². The first-order chi connectivity index (χ1) is 10.8. The van der Waals surface area contributed by atoms with Gasteiger partial charge in [0.25, 0.3) is 0 Å². The summed E-state index contributed by atoms with van der Waals surface area (Å²) in [7, 11) is 1.67. The molecule has 0 N–H and O–H groups in total. The van der Waals surface area contributed by atoms with E-state index in [9.17, 15) is 0 Å². The average molecular weight is 301 g/mol. The molecule has 0 spiro atoms. The van der Waals surface area contributed by atoms with Crippen LogP contribution in [0.4, 0.5) is 0 Å². The lowest BCUT2D eigenvalue weighted by atomic mass is 10.2. The number of benzene rings is 1. The van der Waals surface area contributed by atoms with Crippen LogP contribution in [0, 0.1) is 0 Å². The van der Waals surface area contributed by atoms with E-state index in [1.54, 1.807) is 7.11 Å². The van der Waals surface area contributed by atoms with Gasteiger partial charge in [-0.2, -0.15) is 0 Å². The van der Waals surface area contributed by atoms with Gasteiger partial charge < -0.3 is 4.74 Å². The van der Waals surface area contributed by atoms with Crippen LogP contribution in [0.2, 0.25) is 0 Å². The highest BCUT2D eigenvalue weighted by Gasteiger charge is 2.11. The molecule has 1 aromatic heterocycles. The lowest BCUT2D eigenvalue weighted by Crippen LogP contribution is -2.25. The molecule has 0 fully saturated rings. The molecule has 118 valence electrons. The maximum Gasteiger partial charge on any atom is 0.165 e. The number of hydrogen-bond acceptors (Lipinski definition) is 5. The Morgan fingerprint density at radius 1 is 1.27 bits per heavy atom. The maximum atomic E-state index is 5.19. The first kappa shape index (κ1) is 16.2. The van der Waals surface area contributed by atoms with Gasteiger partial charge >= 0.3 is 0 Å². The van der Waals surface area contributed by atoms with Crippen LogP contribution in [0.1, 0.15) is 24.7 Å². The highest BCUT2D eigenvalue weighted by Crippen LogP contribution is 2.14. The molecule has 1 aromatic carbocycles. The van der Waals surface area contributed by atoms with E-state index >= 15 is 0 Å². The Morgan fingerprint density at radius 3 is 2.68 bits per heavy atom. The fourth-order valence-corrected chi connectivity index (χ4v) is 2.28. The first-order valence-electron chi connectivity index (χ1n) is 7.48. The van der Waals surface area contributed by atoms with Gasteiger partial charge in [0.05, 0.1) is 13.7 Å². The number of ether oxygens (including phenoxy) is 1. The Bertz CT molecular complexity index is 578. The number of nitrogens with zero attached hydrogens (tertiary/aromatic N) is 5. The van der Waals surface area contributed by atoms with Gasteiger partial charge in [0, 0.05) is 19.6 Å². The van der Waals surface area contributed by atoms with Crippen molar-refractivity contribution in [2.24, 2.45) is 0 Å². The Labute approximate surface area is 131 Å². The lowest BCUT2D eigenvalue weighted by Gasteiger charge is -2.20. The fourth-order valence-electron chi connectivity index (χ4n) is 2.28. The van der Waals surface area contributed by atoms with Crippen molar-refractivity contribution in [1.29, 1.82) is 0 Å². The standard InChI is InChI=1S/C16H23N5O/c1-4-10-20(12-14-6-8-15(22-3)9-7-14)13-16-17-18-19-21(16)11-5-2/h4,6-9H,1,5,10-13H2,2-3H3. The molecule has 0 bridgehead atoms. The van der Waals surface area contributed by atoms with Crippen LogP contribution in [0.3, 0.4) is 0 Å². The molecule has 6 nitrogen and oxygen atoms in total. The Morgan fingerprint density at radius 2 is 2.05 bits per heavy atom. The Hall–Kier alpha value is -2.21. The third-order valence-electron chi connectivity index (χ3n) is 3.36. The second-order valence-corrected chi connectivity index (χ2v) is 5.12. The maximum absolute atomic E-state index is 5.19. The molecule has 0 aliphatic heterocycles. The summed E-state index contributed by atoms with van der Waals surface area (Å²) >= 11 is 0. The van der Waals surface area contributed by atoms with E-state index in [2.05, 4.69) is 46.1 Å². The molecule has 22 heavy (non-hydrogen) atoms. The first-order valence-corrected chi connectivity index (χ1v) is 7.48. The smallest absolute Gasteiger partial charge is 0.165 e. The van der Waals surface area contributed by atoms with Crippen molar-refractivity contribution >= 4 is 0 Å². The number of tetrazole rings is 1. The average Bonchev–Trinajstić information content (AvgIpc) is 2.96. The number of aromatic nitrogens is 4. The summed E-state index contributed by atoms with van der Waals surface area (Å²) in [6.45, 7) is 9.09. The fraction of sp³-hybridized carbons (Fsp3) is 0.438. The normalized spacial score (nSPS) is 10.9. The molecule has 0 saturated heterocycles. The number of methoxy groups -OCH3 is 1. The zero-order valence-electron chi connectivity index (χ0n) is 13.3. The molecule has 0 unspecified atom stereocenters. The van der Waals surface area contributed by atoms with Crippen molar-refractivity contribution in [3.05, 3.63) is 48.3 Å². The van der Waals surface area contributed by atoms with Crippen molar-refractivity contribution in [1.82, 2.24) is 25.1 Å². The van der Waals surface area contributed by atoms with Crippen molar-refractivity contribution < 1.29 is 4.74 Å².